The van der Waals surface area contributed by atoms with Crippen molar-refractivity contribution in [3.05, 3.63) is 53.9 Å². The molecule has 1 heterocycles. The molecule has 2 aromatic rings. The van der Waals surface area contributed by atoms with Gasteiger partial charge in [0.15, 0.2) is 0 Å². The monoisotopic (exact) mass is 219 g/mol. The second kappa shape index (κ2) is 4.90. The lowest BCUT2D eigenvalue weighted by Crippen LogP contribution is -2.15. The second-order valence-electron chi connectivity index (χ2n) is 3.68. The van der Waals surface area contributed by atoms with Crippen molar-refractivity contribution in [2.45, 2.75) is 13.1 Å². The molecule has 16 heavy (non-hydrogen) atoms. The number of nitrogens with zero attached hydrogens (tertiary/aromatic N) is 2. The first kappa shape index (κ1) is 10.8. The molecule has 1 aromatic carbocycles. The maximum atomic E-state index is 12.7. The lowest BCUT2D eigenvalue weighted by molar-refractivity contribution is 0.620. The van der Waals surface area contributed by atoms with Gasteiger partial charge < -0.3 is 9.88 Å². The van der Waals surface area contributed by atoms with E-state index < -0.39 is 0 Å². The molecule has 0 fully saturated rings. The van der Waals surface area contributed by atoms with E-state index in [0.29, 0.717) is 13.1 Å². The molecule has 84 valence electrons. The molecule has 2 rings (SSSR count). The van der Waals surface area contributed by atoms with Gasteiger partial charge in [0.2, 0.25) is 0 Å². The summed E-state index contributed by atoms with van der Waals surface area (Å²) in [4.78, 5) is 4.20. The molecule has 4 heteroatoms. The minimum Gasteiger partial charge on any atom is -0.337 e. The van der Waals surface area contributed by atoms with E-state index in [1.165, 1.54) is 12.1 Å². The highest BCUT2D eigenvalue weighted by Gasteiger charge is 1.98. The van der Waals surface area contributed by atoms with Gasteiger partial charge in [0.05, 0.1) is 6.54 Å². The van der Waals surface area contributed by atoms with Crippen LogP contribution in [-0.4, -0.2) is 9.55 Å². The van der Waals surface area contributed by atoms with Gasteiger partial charge in [-0.05, 0) is 17.7 Å². The minimum atomic E-state index is -0.201. The van der Waals surface area contributed by atoms with Crippen molar-refractivity contribution >= 4 is 0 Å². The highest BCUT2D eigenvalue weighted by molar-refractivity contribution is 5.15. The topological polar surface area (TPSA) is 29.9 Å². The Morgan fingerprint density at radius 3 is 2.62 bits per heavy atom. The molecule has 0 aliphatic rings. The van der Waals surface area contributed by atoms with Crippen LogP contribution in [0.4, 0.5) is 4.39 Å². The Morgan fingerprint density at radius 2 is 2.00 bits per heavy atom. The van der Waals surface area contributed by atoms with Crippen molar-refractivity contribution in [3.63, 3.8) is 0 Å². The van der Waals surface area contributed by atoms with Gasteiger partial charge in [0, 0.05) is 26.0 Å². The molecule has 0 saturated heterocycles. The number of rotatable bonds is 4. The number of nitrogens with one attached hydrogen (secondary N) is 1. The number of aromatic nitrogens is 2. The van der Waals surface area contributed by atoms with Gasteiger partial charge in [-0.15, -0.1) is 0 Å². The normalized spacial score (nSPS) is 10.6. The fourth-order valence-corrected chi connectivity index (χ4v) is 1.49. The fourth-order valence-electron chi connectivity index (χ4n) is 1.49. The Bertz CT molecular complexity index is 448. The van der Waals surface area contributed by atoms with E-state index in [1.807, 2.05) is 17.8 Å². The molecular formula is C12H14FN3. The third-order valence-corrected chi connectivity index (χ3v) is 2.45. The van der Waals surface area contributed by atoms with Crippen molar-refractivity contribution in [3.8, 4) is 0 Å². The van der Waals surface area contributed by atoms with Gasteiger partial charge in [0.1, 0.15) is 11.6 Å². The Labute approximate surface area is 93.9 Å². The smallest absolute Gasteiger partial charge is 0.123 e. The van der Waals surface area contributed by atoms with Gasteiger partial charge in [-0.3, -0.25) is 0 Å². The summed E-state index contributed by atoms with van der Waals surface area (Å²) in [5, 5.41) is 3.26. The average Bonchev–Trinajstić information content (AvgIpc) is 2.68. The number of benzene rings is 1. The molecule has 3 nitrogen and oxygen atoms in total. The zero-order valence-corrected chi connectivity index (χ0v) is 9.15. The van der Waals surface area contributed by atoms with Crippen molar-refractivity contribution in [2.75, 3.05) is 0 Å². The van der Waals surface area contributed by atoms with Gasteiger partial charge in [-0.25, -0.2) is 9.37 Å². The Kier molecular flexibility index (Phi) is 3.31. The summed E-state index contributed by atoms with van der Waals surface area (Å²) >= 11 is 0. The molecule has 0 unspecified atom stereocenters. The number of aryl methyl sites for hydroxylation is 1. The Hall–Kier alpha value is -1.68. The van der Waals surface area contributed by atoms with Crippen LogP contribution in [0.25, 0.3) is 0 Å². The van der Waals surface area contributed by atoms with Gasteiger partial charge in [-0.1, -0.05) is 12.1 Å². The number of halogens is 1. The first-order valence-electron chi connectivity index (χ1n) is 5.17. The average molecular weight is 219 g/mol. The van der Waals surface area contributed by atoms with Crippen molar-refractivity contribution in [2.24, 2.45) is 7.05 Å². The van der Waals surface area contributed by atoms with Crippen LogP contribution in [0.5, 0.6) is 0 Å². The summed E-state index contributed by atoms with van der Waals surface area (Å²) in [5.41, 5.74) is 1.07. The van der Waals surface area contributed by atoms with Crippen molar-refractivity contribution in [1.82, 2.24) is 14.9 Å². The van der Waals surface area contributed by atoms with E-state index in [-0.39, 0.29) is 5.82 Å². The first-order valence-corrected chi connectivity index (χ1v) is 5.17. The molecule has 0 spiro atoms. The third kappa shape index (κ3) is 2.67. The molecule has 0 saturated carbocycles. The van der Waals surface area contributed by atoms with Gasteiger partial charge in [0.25, 0.3) is 0 Å². The van der Waals surface area contributed by atoms with E-state index in [9.17, 15) is 4.39 Å². The van der Waals surface area contributed by atoms with Crippen LogP contribution in [0.2, 0.25) is 0 Å². The summed E-state index contributed by atoms with van der Waals surface area (Å²) in [5.74, 6) is 0.787. The van der Waals surface area contributed by atoms with Crippen LogP contribution in [0, 0.1) is 5.82 Å². The highest BCUT2D eigenvalue weighted by atomic mass is 19.1. The standard InChI is InChI=1S/C12H14FN3/c1-16-7-6-15-12(16)9-14-8-10-2-4-11(13)5-3-10/h2-7,14H,8-9H2,1H3. The van der Waals surface area contributed by atoms with E-state index in [0.717, 1.165) is 11.4 Å². The van der Waals surface area contributed by atoms with Crippen LogP contribution < -0.4 is 5.32 Å². The zero-order valence-electron chi connectivity index (χ0n) is 9.15. The van der Waals surface area contributed by atoms with E-state index in [2.05, 4.69) is 10.3 Å². The predicted molar refractivity (Wildman–Crippen MR) is 60.2 cm³/mol. The highest BCUT2D eigenvalue weighted by Crippen LogP contribution is 2.02. The molecule has 0 amide bonds. The van der Waals surface area contributed by atoms with Crippen LogP contribution in [0.3, 0.4) is 0 Å². The molecule has 1 N–H and O–H groups in total. The van der Waals surface area contributed by atoms with Crippen LogP contribution >= 0.6 is 0 Å². The SMILES string of the molecule is Cn1ccnc1CNCc1ccc(F)cc1. The van der Waals surface area contributed by atoms with E-state index >= 15 is 0 Å². The first-order chi connectivity index (χ1) is 7.75. The second-order valence-corrected chi connectivity index (χ2v) is 3.68. The summed E-state index contributed by atoms with van der Waals surface area (Å²) in [6, 6.07) is 6.50. The molecule has 0 bridgehead atoms. The van der Waals surface area contributed by atoms with Crippen molar-refractivity contribution < 1.29 is 4.39 Å². The van der Waals surface area contributed by atoms with E-state index in [4.69, 9.17) is 0 Å². The number of imidazole rings is 1. The molecule has 0 aliphatic heterocycles. The van der Waals surface area contributed by atoms with Crippen molar-refractivity contribution in [1.29, 1.82) is 0 Å². The quantitative estimate of drug-likeness (QED) is 0.850. The predicted octanol–water partition coefficient (Wildman–Crippen LogP) is 1.85. The summed E-state index contributed by atoms with van der Waals surface area (Å²) in [7, 11) is 1.96. The Morgan fingerprint density at radius 1 is 1.25 bits per heavy atom. The molecular weight excluding hydrogens is 205 g/mol. The number of hydrogen-bond donors (Lipinski definition) is 1. The third-order valence-electron chi connectivity index (χ3n) is 2.45. The zero-order chi connectivity index (χ0) is 11.4. The van der Waals surface area contributed by atoms with Crippen LogP contribution in [0.1, 0.15) is 11.4 Å². The number of hydrogen-bond acceptors (Lipinski definition) is 2. The lowest BCUT2D eigenvalue weighted by Gasteiger charge is -2.05. The lowest BCUT2D eigenvalue weighted by atomic mass is 10.2. The largest absolute Gasteiger partial charge is 0.337 e. The summed E-state index contributed by atoms with van der Waals surface area (Å²) < 4.78 is 14.6. The van der Waals surface area contributed by atoms with E-state index in [1.54, 1.807) is 18.3 Å². The van der Waals surface area contributed by atoms with Gasteiger partial charge in [-0.2, -0.15) is 0 Å². The minimum absolute atomic E-state index is 0.201. The summed E-state index contributed by atoms with van der Waals surface area (Å²) in [6.45, 7) is 1.42. The van der Waals surface area contributed by atoms with Crippen LogP contribution in [0.15, 0.2) is 36.7 Å². The molecule has 0 radical (unpaired) electrons. The van der Waals surface area contributed by atoms with Gasteiger partial charge >= 0.3 is 0 Å². The maximum absolute atomic E-state index is 12.7. The maximum Gasteiger partial charge on any atom is 0.123 e. The Balaban J connectivity index is 1.84. The molecule has 0 aliphatic carbocycles. The summed E-state index contributed by atoms with van der Waals surface area (Å²) in [6.07, 6.45) is 3.68. The molecule has 0 atom stereocenters. The van der Waals surface area contributed by atoms with Crippen LogP contribution in [-0.2, 0) is 20.1 Å². The fraction of sp³-hybridized carbons (Fsp3) is 0.250. The molecule has 1 aromatic heterocycles.